The lowest BCUT2D eigenvalue weighted by atomic mass is 10.2. The van der Waals surface area contributed by atoms with Crippen LogP contribution in [0.4, 0.5) is 0 Å². The maximum Gasteiger partial charge on any atom is 0.337 e. The first kappa shape index (κ1) is 10.6. The zero-order valence-electron chi connectivity index (χ0n) is 9.15. The van der Waals surface area contributed by atoms with Crippen molar-refractivity contribution in [2.24, 2.45) is 5.73 Å². The van der Waals surface area contributed by atoms with Gasteiger partial charge in [0.2, 0.25) is 0 Å². The maximum atomic E-state index is 11.3. The van der Waals surface area contributed by atoms with Crippen molar-refractivity contribution >= 4 is 17.0 Å². The van der Waals surface area contributed by atoms with Gasteiger partial charge in [0.15, 0.2) is 0 Å². The second kappa shape index (κ2) is 3.94. The van der Waals surface area contributed by atoms with Crippen LogP contribution in [0, 0.1) is 0 Å². The van der Waals surface area contributed by atoms with Crippen LogP contribution in [0.1, 0.15) is 29.1 Å². The van der Waals surface area contributed by atoms with Crippen molar-refractivity contribution in [2.75, 3.05) is 7.11 Å². The van der Waals surface area contributed by atoms with Crippen LogP contribution >= 0.6 is 0 Å². The number of fused-ring (bicyclic) bond motifs is 1. The first-order chi connectivity index (χ1) is 7.61. The van der Waals surface area contributed by atoms with Crippen molar-refractivity contribution in [1.82, 2.24) is 9.97 Å². The number of aromatic nitrogens is 2. The van der Waals surface area contributed by atoms with Crippen LogP contribution in [0.25, 0.3) is 11.0 Å². The van der Waals surface area contributed by atoms with Gasteiger partial charge in [0.25, 0.3) is 0 Å². The number of hydrogen-bond donors (Lipinski definition) is 2. The Morgan fingerprint density at radius 3 is 2.94 bits per heavy atom. The van der Waals surface area contributed by atoms with Gasteiger partial charge < -0.3 is 15.5 Å². The number of nitrogens with two attached hydrogens (primary N) is 1. The van der Waals surface area contributed by atoms with Gasteiger partial charge in [-0.15, -0.1) is 0 Å². The summed E-state index contributed by atoms with van der Waals surface area (Å²) < 4.78 is 4.64. The highest BCUT2D eigenvalue weighted by atomic mass is 16.5. The van der Waals surface area contributed by atoms with Crippen LogP contribution in [-0.4, -0.2) is 23.0 Å². The third kappa shape index (κ3) is 1.77. The summed E-state index contributed by atoms with van der Waals surface area (Å²) >= 11 is 0. The van der Waals surface area contributed by atoms with Gasteiger partial charge in [-0.3, -0.25) is 0 Å². The SMILES string of the molecule is COC(=O)c1ccc2nc(C(C)N)[nH]c2c1. The Hall–Kier alpha value is -1.88. The lowest BCUT2D eigenvalue weighted by Gasteiger charge is -1.97. The van der Waals surface area contributed by atoms with E-state index in [0.29, 0.717) is 11.4 Å². The third-order valence-electron chi connectivity index (χ3n) is 2.35. The Bertz CT molecular complexity index is 531. The molecule has 2 rings (SSSR count). The van der Waals surface area contributed by atoms with Crippen LogP contribution in [0.2, 0.25) is 0 Å². The average molecular weight is 219 g/mol. The fourth-order valence-electron chi connectivity index (χ4n) is 1.49. The molecule has 0 aliphatic rings. The van der Waals surface area contributed by atoms with E-state index >= 15 is 0 Å². The van der Waals surface area contributed by atoms with E-state index in [1.54, 1.807) is 18.2 Å². The van der Waals surface area contributed by atoms with Gasteiger partial charge in [-0.2, -0.15) is 0 Å². The van der Waals surface area contributed by atoms with Gasteiger partial charge in [-0.1, -0.05) is 0 Å². The summed E-state index contributed by atoms with van der Waals surface area (Å²) in [5, 5.41) is 0. The number of ether oxygens (including phenoxy) is 1. The van der Waals surface area contributed by atoms with Gasteiger partial charge in [-0.05, 0) is 25.1 Å². The molecule has 16 heavy (non-hydrogen) atoms. The highest BCUT2D eigenvalue weighted by molar-refractivity contribution is 5.93. The van der Waals surface area contributed by atoms with Crippen LogP contribution in [-0.2, 0) is 4.74 Å². The molecule has 1 unspecified atom stereocenters. The van der Waals surface area contributed by atoms with E-state index in [2.05, 4.69) is 14.7 Å². The van der Waals surface area contributed by atoms with Gasteiger partial charge >= 0.3 is 5.97 Å². The van der Waals surface area contributed by atoms with E-state index in [0.717, 1.165) is 11.0 Å². The summed E-state index contributed by atoms with van der Waals surface area (Å²) in [5.74, 6) is 0.343. The normalized spacial score (nSPS) is 12.7. The van der Waals surface area contributed by atoms with Gasteiger partial charge in [-0.25, -0.2) is 9.78 Å². The number of rotatable bonds is 2. The molecule has 3 N–H and O–H groups in total. The minimum absolute atomic E-state index is 0.158. The molecule has 0 bridgehead atoms. The summed E-state index contributed by atoms with van der Waals surface area (Å²) in [4.78, 5) is 18.7. The van der Waals surface area contributed by atoms with Gasteiger partial charge in [0.1, 0.15) is 5.82 Å². The van der Waals surface area contributed by atoms with E-state index < -0.39 is 0 Å². The van der Waals surface area contributed by atoms with E-state index in [4.69, 9.17) is 5.73 Å². The fourth-order valence-corrected chi connectivity index (χ4v) is 1.49. The minimum atomic E-state index is -0.362. The molecule has 84 valence electrons. The molecule has 0 radical (unpaired) electrons. The predicted molar refractivity (Wildman–Crippen MR) is 60.0 cm³/mol. The second-order valence-electron chi connectivity index (χ2n) is 3.63. The molecule has 0 saturated heterocycles. The number of benzene rings is 1. The topological polar surface area (TPSA) is 81.0 Å². The number of carbonyl (C=O) groups excluding carboxylic acids is 1. The predicted octanol–water partition coefficient (Wildman–Crippen LogP) is 1.37. The molecule has 1 heterocycles. The molecule has 1 aromatic heterocycles. The summed E-state index contributed by atoms with van der Waals surface area (Å²) in [6.07, 6.45) is 0. The molecule has 2 aromatic rings. The highest BCUT2D eigenvalue weighted by Gasteiger charge is 2.10. The van der Waals surface area contributed by atoms with Crippen molar-refractivity contribution < 1.29 is 9.53 Å². The smallest absolute Gasteiger partial charge is 0.337 e. The Morgan fingerprint density at radius 2 is 2.31 bits per heavy atom. The van der Waals surface area contributed by atoms with Gasteiger partial charge in [0.05, 0.1) is 29.7 Å². The molecule has 0 amide bonds. The Labute approximate surface area is 92.6 Å². The number of nitrogens with zero attached hydrogens (tertiary/aromatic N) is 1. The first-order valence-corrected chi connectivity index (χ1v) is 4.95. The lowest BCUT2D eigenvalue weighted by Crippen LogP contribution is -2.06. The summed E-state index contributed by atoms with van der Waals surface area (Å²) in [6.45, 7) is 1.85. The third-order valence-corrected chi connectivity index (χ3v) is 2.35. The highest BCUT2D eigenvalue weighted by Crippen LogP contribution is 2.16. The van der Waals surface area contributed by atoms with Crippen LogP contribution < -0.4 is 5.73 Å². The zero-order valence-corrected chi connectivity index (χ0v) is 9.15. The number of nitrogens with one attached hydrogen (secondary N) is 1. The monoisotopic (exact) mass is 219 g/mol. The summed E-state index contributed by atoms with van der Waals surface area (Å²) in [6, 6.07) is 5.00. The number of aromatic amines is 1. The van der Waals surface area contributed by atoms with Gasteiger partial charge in [0, 0.05) is 0 Å². The molecular formula is C11H13N3O2. The molecular weight excluding hydrogens is 206 g/mol. The number of imidazole rings is 1. The van der Waals surface area contributed by atoms with Crippen molar-refractivity contribution in [3.8, 4) is 0 Å². The van der Waals surface area contributed by atoms with Crippen molar-refractivity contribution in [3.63, 3.8) is 0 Å². The Morgan fingerprint density at radius 1 is 1.56 bits per heavy atom. The van der Waals surface area contributed by atoms with Crippen LogP contribution in [0.15, 0.2) is 18.2 Å². The van der Waals surface area contributed by atoms with Crippen LogP contribution in [0.5, 0.6) is 0 Å². The van der Waals surface area contributed by atoms with Crippen molar-refractivity contribution in [1.29, 1.82) is 0 Å². The summed E-state index contributed by atoms with van der Waals surface area (Å²) in [7, 11) is 1.35. The molecule has 0 fully saturated rings. The molecule has 5 heteroatoms. The summed E-state index contributed by atoms with van der Waals surface area (Å²) in [5.41, 5.74) is 7.79. The largest absolute Gasteiger partial charge is 0.465 e. The number of hydrogen-bond acceptors (Lipinski definition) is 4. The molecule has 1 aromatic carbocycles. The Kier molecular flexibility index (Phi) is 2.62. The van der Waals surface area contributed by atoms with Crippen molar-refractivity contribution in [3.05, 3.63) is 29.6 Å². The fraction of sp³-hybridized carbons (Fsp3) is 0.273. The van der Waals surface area contributed by atoms with E-state index in [1.807, 2.05) is 6.92 Å². The minimum Gasteiger partial charge on any atom is -0.465 e. The number of esters is 1. The Balaban J connectivity index is 2.49. The number of methoxy groups -OCH3 is 1. The molecule has 0 spiro atoms. The number of H-pyrrole nitrogens is 1. The van der Waals surface area contributed by atoms with E-state index in [1.165, 1.54) is 7.11 Å². The molecule has 0 saturated carbocycles. The van der Waals surface area contributed by atoms with E-state index in [9.17, 15) is 4.79 Å². The lowest BCUT2D eigenvalue weighted by molar-refractivity contribution is 0.0601. The molecule has 5 nitrogen and oxygen atoms in total. The maximum absolute atomic E-state index is 11.3. The first-order valence-electron chi connectivity index (χ1n) is 4.95. The quantitative estimate of drug-likeness (QED) is 0.747. The number of carbonyl (C=O) groups is 1. The second-order valence-corrected chi connectivity index (χ2v) is 3.63. The average Bonchev–Trinajstić information content (AvgIpc) is 2.70. The van der Waals surface area contributed by atoms with E-state index in [-0.39, 0.29) is 12.0 Å². The zero-order chi connectivity index (χ0) is 11.7. The molecule has 0 aliphatic carbocycles. The van der Waals surface area contributed by atoms with Crippen molar-refractivity contribution in [2.45, 2.75) is 13.0 Å². The molecule has 1 atom stereocenters. The van der Waals surface area contributed by atoms with Crippen LogP contribution in [0.3, 0.4) is 0 Å². The molecule has 0 aliphatic heterocycles. The standard InChI is InChI=1S/C11H13N3O2/c1-6(12)10-13-8-4-3-7(11(15)16-2)5-9(8)14-10/h3-6H,12H2,1-2H3,(H,13,14).